The first-order chi connectivity index (χ1) is 13.1. The van der Waals surface area contributed by atoms with Crippen LogP contribution in [0.4, 0.5) is 5.69 Å². The van der Waals surface area contributed by atoms with Gasteiger partial charge in [0.1, 0.15) is 5.75 Å². The summed E-state index contributed by atoms with van der Waals surface area (Å²) in [5, 5.41) is 8.79. The highest BCUT2D eigenvalue weighted by Gasteiger charge is 2.24. The van der Waals surface area contributed by atoms with Crippen LogP contribution in [-0.2, 0) is 20.7 Å². The summed E-state index contributed by atoms with van der Waals surface area (Å²) < 4.78 is 10.6. The fraction of sp³-hybridized carbons (Fsp3) is 0.286. The van der Waals surface area contributed by atoms with Crippen molar-refractivity contribution in [3.05, 3.63) is 59.7 Å². The van der Waals surface area contributed by atoms with E-state index in [2.05, 4.69) is 0 Å². The lowest BCUT2D eigenvalue weighted by Crippen LogP contribution is -2.39. The molecule has 0 saturated heterocycles. The number of anilines is 1. The molecule has 2 aromatic carbocycles. The minimum Gasteiger partial charge on any atom is -0.479 e. The lowest BCUT2D eigenvalue weighted by Gasteiger charge is -2.29. The Kier molecular flexibility index (Phi) is 5.72. The highest BCUT2D eigenvalue weighted by atomic mass is 16.6. The van der Waals surface area contributed by atoms with Crippen LogP contribution in [0.2, 0.25) is 0 Å². The van der Waals surface area contributed by atoms with Crippen LogP contribution >= 0.6 is 0 Å². The lowest BCUT2D eigenvalue weighted by molar-refractivity contribution is -0.154. The van der Waals surface area contributed by atoms with Crippen molar-refractivity contribution in [2.24, 2.45) is 0 Å². The second kappa shape index (κ2) is 8.37. The summed E-state index contributed by atoms with van der Waals surface area (Å²) in [6.07, 6.45) is 0.962. The SMILES string of the molecule is C[C@H](Oc1ccc(C#N)cc1)C(=O)OCC(=O)N1CCCc2ccccc21. The number of esters is 1. The molecule has 3 rings (SSSR count). The summed E-state index contributed by atoms with van der Waals surface area (Å²) in [6, 6.07) is 16.2. The van der Waals surface area contributed by atoms with Crippen LogP contribution in [0.5, 0.6) is 5.75 Å². The Balaban J connectivity index is 1.54. The minimum atomic E-state index is -0.862. The second-order valence-corrected chi connectivity index (χ2v) is 6.28. The summed E-state index contributed by atoms with van der Waals surface area (Å²) >= 11 is 0. The van der Waals surface area contributed by atoms with Gasteiger partial charge in [-0.1, -0.05) is 18.2 Å². The van der Waals surface area contributed by atoms with Gasteiger partial charge in [0, 0.05) is 12.2 Å². The first kappa shape index (κ1) is 18.5. The molecule has 0 saturated carbocycles. The van der Waals surface area contributed by atoms with Gasteiger partial charge in [0.15, 0.2) is 12.7 Å². The number of fused-ring (bicyclic) bond motifs is 1. The Morgan fingerprint density at radius 1 is 1.19 bits per heavy atom. The van der Waals surface area contributed by atoms with E-state index in [4.69, 9.17) is 14.7 Å². The average molecular weight is 364 g/mol. The maximum absolute atomic E-state index is 12.5. The molecule has 1 atom stereocenters. The fourth-order valence-corrected chi connectivity index (χ4v) is 2.98. The number of para-hydroxylation sites is 1. The molecule has 1 amide bonds. The third-order valence-electron chi connectivity index (χ3n) is 4.38. The molecule has 0 spiro atoms. The standard InChI is InChI=1S/C21H20N2O4/c1-15(27-18-10-8-16(13-22)9-11-18)21(25)26-14-20(24)23-12-4-6-17-5-2-3-7-19(17)23/h2-3,5,7-11,15H,4,6,12,14H2,1H3/t15-/m0/s1. The van der Waals surface area contributed by atoms with Crippen molar-refractivity contribution in [1.29, 1.82) is 5.26 Å². The van der Waals surface area contributed by atoms with E-state index in [-0.39, 0.29) is 12.5 Å². The van der Waals surface area contributed by atoms with Crippen molar-refractivity contribution in [3.8, 4) is 11.8 Å². The van der Waals surface area contributed by atoms with E-state index < -0.39 is 12.1 Å². The number of hydrogen-bond acceptors (Lipinski definition) is 5. The summed E-state index contributed by atoms with van der Waals surface area (Å²) in [5.41, 5.74) is 2.51. The van der Waals surface area contributed by atoms with Crippen LogP contribution < -0.4 is 9.64 Å². The maximum Gasteiger partial charge on any atom is 0.347 e. The van der Waals surface area contributed by atoms with Gasteiger partial charge in [-0.2, -0.15) is 5.26 Å². The highest BCUT2D eigenvalue weighted by molar-refractivity contribution is 5.96. The molecular weight excluding hydrogens is 344 g/mol. The lowest BCUT2D eigenvalue weighted by atomic mass is 10.0. The number of hydrogen-bond donors (Lipinski definition) is 0. The Hall–Kier alpha value is -3.33. The quantitative estimate of drug-likeness (QED) is 0.762. The molecule has 0 aliphatic carbocycles. The van der Waals surface area contributed by atoms with Crippen molar-refractivity contribution < 1.29 is 19.1 Å². The second-order valence-electron chi connectivity index (χ2n) is 6.28. The Morgan fingerprint density at radius 2 is 1.93 bits per heavy atom. The Bertz CT molecular complexity index is 870. The van der Waals surface area contributed by atoms with Gasteiger partial charge >= 0.3 is 5.97 Å². The zero-order valence-corrected chi connectivity index (χ0v) is 15.1. The van der Waals surface area contributed by atoms with Crippen LogP contribution in [-0.4, -0.2) is 31.1 Å². The van der Waals surface area contributed by atoms with Crippen molar-refractivity contribution in [2.75, 3.05) is 18.1 Å². The van der Waals surface area contributed by atoms with E-state index in [0.717, 1.165) is 24.1 Å². The van der Waals surface area contributed by atoms with Gasteiger partial charge in [-0.25, -0.2) is 4.79 Å². The summed E-state index contributed by atoms with van der Waals surface area (Å²) in [7, 11) is 0. The topological polar surface area (TPSA) is 79.6 Å². The monoisotopic (exact) mass is 364 g/mol. The number of ether oxygens (including phenoxy) is 2. The molecule has 6 nitrogen and oxygen atoms in total. The Morgan fingerprint density at radius 3 is 2.67 bits per heavy atom. The fourth-order valence-electron chi connectivity index (χ4n) is 2.98. The van der Waals surface area contributed by atoms with E-state index >= 15 is 0 Å². The molecule has 27 heavy (non-hydrogen) atoms. The maximum atomic E-state index is 12.5. The summed E-state index contributed by atoms with van der Waals surface area (Å²) in [4.78, 5) is 26.3. The number of nitrogens with zero attached hydrogens (tertiary/aromatic N) is 2. The number of benzene rings is 2. The summed E-state index contributed by atoms with van der Waals surface area (Å²) in [5.74, 6) is -0.409. The third kappa shape index (κ3) is 4.45. The predicted molar refractivity (Wildman–Crippen MR) is 99.3 cm³/mol. The van der Waals surface area contributed by atoms with Crippen LogP contribution in [0.25, 0.3) is 0 Å². The van der Waals surface area contributed by atoms with Gasteiger partial charge in [0.05, 0.1) is 11.6 Å². The molecule has 1 heterocycles. The zero-order chi connectivity index (χ0) is 19.2. The number of rotatable bonds is 5. The summed E-state index contributed by atoms with van der Waals surface area (Å²) in [6.45, 7) is 1.85. The third-order valence-corrected chi connectivity index (χ3v) is 4.38. The van der Waals surface area contributed by atoms with E-state index in [1.165, 1.54) is 0 Å². The first-order valence-electron chi connectivity index (χ1n) is 8.80. The molecule has 2 aromatic rings. The largest absolute Gasteiger partial charge is 0.479 e. The Labute approximate surface area is 157 Å². The average Bonchev–Trinajstić information content (AvgIpc) is 2.71. The number of amides is 1. The molecule has 0 radical (unpaired) electrons. The molecule has 0 aromatic heterocycles. The van der Waals surface area contributed by atoms with E-state index in [9.17, 15) is 9.59 Å². The molecule has 138 valence electrons. The molecule has 0 bridgehead atoms. The van der Waals surface area contributed by atoms with E-state index in [1.54, 1.807) is 36.1 Å². The number of aryl methyl sites for hydroxylation is 1. The van der Waals surface area contributed by atoms with Gasteiger partial charge in [-0.05, 0) is 55.7 Å². The van der Waals surface area contributed by atoms with Crippen molar-refractivity contribution >= 4 is 17.6 Å². The zero-order valence-electron chi connectivity index (χ0n) is 15.1. The van der Waals surface area contributed by atoms with Gasteiger partial charge in [0.2, 0.25) is 0 Å². The van der Waals surface area contributed by atoms with E-state index in [1.807, 2.05) is 30.3 Å². The highest BCUT2D eigenvalue weighted by Crippen LogP contribution is 2.26. The van der Waals surface area contributed by atoms with Crippen molar-refractivity contribution in [1.82, 2.24) is 0 Å². The molecule has 0 fully saturated rings. The predicted octanol–water partition coefficient (Wildman–Crippen LogP) is 2.85. The smallest absolute Gasteiger partial charge is 0.347 e. The van der Waals surface area contributed by atoms with Gasteiger partial charge in [-0.3, -0.25) is 4.79 Å². The van der Waals surface area contributed by atoms with Crippen LogP contribution in [0, 0.1) is 11.3 Å². The van der Waals surface area contributed by atoms with Gasteiger partial charge in [0.25, 0.3) is 5.91 Å². The normalized spacial score (nSPS) is 13.9. The van der Waals surface area contributed by atoms with Crippen molar-refractivity contribution in [2.45, 2.75) is 25.9 Å². The first-order valence-corrected chi connectivity index (χ1v) is 8.80. The molecule has 0 unspecified atom stereocenters. The molecule has 1 aliphatic heterocycles. The molecule has 0 N–H and O–H groups in total. The molecule has 1 aliphatic rings. The molecular formula is C21H20N2O4. The van der Waals surface area contributed by atoms with Crippen molar-refractivity contribution in [3.63, 3.8) is 0 Å². The van der Waals surface area contributed by atoms with Crippen LogP contribution in [0.15, 0.2) is 48.5 Å². The van der Waals surface area contributed by atoms with E-state index in [0.29, 0.717) is 17.9 Å². The van der Waals surface area contributed by atoms with Crippen LogP contribution in [0.1, 0.15) is 24.5 Å². The number of nitriles is 1. The number of carbonyl (C=O) groups is 2. The minimum absolute atomic E-state index is 0.249. The molecule has 6 heteroatoms. The van der Waals surface area contributed by atoms with Gasteiger partial charge < -0.3 is 14.4 Å². The van der Waals surface area contributed by atoms with Crippen LogP contribution in [0.3, 0.4) is 0 Å². The number of carbonyl (C=O) groups excluding carboxylic acids is 2. The van der Waals surface area contributed by atoms with Gasteiger partial charge in [-0.15, -0.1) is 0 Å².